The first kappa shape index (κ1) is 22.3. The summed E-state index contributed by atoms with van der Waals surface area (Å²) in [4.78, 5) is 6.17. The van der Waals surface area contributed by atoms with Gasteiger partial charge in [0.05, 0.1) is 26.1 Å². The fourth-order valence-electron chi connectivity index (χ4n) is 3.65. The quantitative estimate of drug-likeness (QED) is 0.551. The third-order valence-electron chi connectivity index (χ3n) is 5.24. The zero-order valence-electron chi connectivity index (χ0n) is 17.9. The Morgan fingerprint density at radius 3 is 2.81 bits per heavy atom. The van der Waals surface area contributed by atoms with Crippen LogP contribution in [0.3, 0.4) is 0 Å². The highest BCUT2D eigenvalue weighted by atomic mass is 19.1. The summed E-state index contributed by atoms with van der Waals surface area (Å²) in [7, 11) is 0. The van der Waals surface area contributed by atoms with Gasteiger partial charge in [-0.3, -0.25) is 4.90 Å². The number of benzene rings is 2. The van der Waals surface area contributed by atoms with Gasteiger partial charge >= 0.3 is 0 Å². The number of rotatable bonds is 9. The molecule has 1 unspecified atom stereocenters. The summed E-state index contributed by atoms with van der Waals surface area (Å²) in [5, 5.41) is 11.1. The van der Waals surface area contributed by atoms with E-state index in [4.69, 9.17) is 14.2 Å². The standard InChI is InChI=1S/C24H28FN3O4/c25-21-4-6-22(7-5-21)32-18-24(29)16-28(10-12-30-17-24)15-20-2-1-3-23(14-20)31-13-11-27-9-8-26-19-27/h1-9,14,19,29H,10-13,15-18H2. The van der Waals surface area contributed by atoms with Crippen LogP contribution in [0, 0.1) is 5.82 Å². The zero-order chi connectivity index (χ0) is 22.2. The lowest BCUT2D eigenvalue weighted by Gasteiger charge is -2.30. The molecule has 1 aliphatic rings. The Kier molecular flexibility index (Phi) is 7.36. The largest absolute Gasteiger partial charge is 0.492 e. The highest BCUT2D eigenvalue weighted by molar-refractivity contribution is 5.28. The molecule has 170 valence electrons. The number of aliphatic hydroxyl groups is 1. The number of β-amino-alcohol motifs (C(OH)–C–C–N with tert-alkyl or cyclic N) is 1. The van der Waals surface area contributed by atoms with Gasteiger partial charge in [-0.05, 0) is 42.0 Å². The molecule has 0 spiro atoms. The number of aromatic nitrogens is 2. The van der Waals surface area contributed by atoms with Crippen molar-refractivity contribution < 1.29 is 23.7 Å². The van der Waals surface area contributed by atoms with E-state index in [0.717, 1.165) is 17.9 Å². The summed E-state index contributed by atoms with van der Waals surface area (Å²) in [5.74, 6) is 0.993. The summed E-state index contributed by atoms with van der Waals surface area (Å²) in [6.45, 7) is 3.81. The topological polar surface area (TPSA) is 69.0 Å². The minimum absolute atomic E-state index is 0.0620. The second kappa shape index (κ2) is 10.6. The van der Waals surface area contributed by atoms with Gasteiger partial charge in [0.2, 0.25) is 0 Å². The average Bonchev–Trinajstić information content (AvgIpc) is 3.23. The van der Waals surface area contributed by atoms with Crippen LogP contribution in [0.2, 0.25) is 0 Å². The van der Waals surface area contributed by atoms with Crippen LogP contribution in [0.5, 0.6) is 11.5 Å². The number of nitrogens with zero attached hydrogens (tertiary/aromatic N) is 3. The minimum Gasteiger partial charge on any atom is -0.492 e. The molecule has 2 aromatic carbocycles. The molecular weight excluding hydrogens is 413 g/mol. The number of hydrogen-bond acceptors (Lipinski definition) is 6. The molecule has 0 aliphatic carbocycles. The van der Waals surface area contributed by atoms with Crippen molar-refractivity contribution in [3.63, 3.8) is 0 Å². The maximum Gasteiger partial charge on any atom is 0.134 e. The molecule has 0 radical (unpaired) electrons. The molecule has 32 heavy (non-hydrogen) atoms. The molecule has 7 nitrogen and oxygen atoms in total. The molecule has 4 rings (SSSR count). The lowest BCUT2D eigenvalue weighted by atomic mass is 10.1. The summed E-state index contributed by atoms with van der Waals surface area (Å²) in [6, 6.07) is 13.7. The molecule has 1 aliphatic heterocycles. The lowest BCUT2D eigenvalue weighted by Crippen LogP contribution is -2.48. The first-order valence-electron chi connectivity index (χ1n) is 10.7. The Bertz CT molecular complexity index is 968. The molecule has 3 aromatic rings. The van der Waals surface area contributed by atoms with E-state index in [2.05, 4.69) is 9.88 Å². The molecule has 1 aromatic heterocycles. The number of halogens is 1. The van der Waals surface area contributed by atoms with Crippen molar-refractivity contribution >= 4 is 0 Å². The molecule has 1 N–H and O–H groups in total. The smallest absolute Gasteiger partial charge is 0.134 e. The molecule has 0 saturated carbocycles. The van der Waals surface area contributed by atoms with E-state index in [9.17, 15) is 9.50 Å². The van der Waals surface area contributed by atoms with Crippen LogP contribution in [0.15, 0.2) is 67.3 Å². The first-order chi connectivity index (χ1) is 15.6. The van der Waals surface area contributed by atoms with E-state index in [1.165, 1.54) is 12.1 Å². The van der Waals surface area contributed by atoms with Crippen molar-refractivity contribution in [3.05, 3.63) is 78.6 Å². The van der Waals surface area contributed by atoms with Crippen LogP contribution >= 0.6 is 0 Å². The fraction of sp³-hybridized carbons (Fsp3) is 0.375. The summed E-state index contributed by atoms with van der Waals surface area (Å²) >= 11 is 0. The van der Waals surface area contributed by atoms with Gasteiger partial charge in [0.25, 0.3) is 0 Å². The van der Waals surface area contributed by atoms with E-state index in [0.29, 0.717) is 38.6 Å². The zero-order valence-corrected chi connectivity index (χ0v) is 17.9. The summed E-state index contributed by atoms with van der Waals surface area (Å²) in [5.41, 5.74) is -0.0714. The summed E-state index contributed by atoms with van der Waals surface area (Å²) in [6.07, 6.45) is 5.42. The highest BCUT2D eigenvalue weighted by Gasteiger charge is 2.33. The van der Waals surface area contributed by atoms with Gasteiger partial charge in [-0.1, -0.05) is 12.1 Å². The van der Waals surface area contributed by atoms with Crippen LogP contribution in [-0.2, 0) is 17.8 Å². The van der Waals surface area contributed by atoms with Crippen molar-refractivity contribution in [2.75, 3.05) is 39.5 Å². The van der Waals surface area contributed by atoms with Crippen molar-refractivity contribution in [2.24, 2.45) is 0 Å². The maximum absolute atomic E-state index is 13.1. The third kappa shape index (κ3) is 6.53. The van der Waals surface area contributed by atoms with Crippen molar-refractivity contribution in [2.45, 2.75) is 18.7 Å². The Morgan fingerprint density at radius 1 is 1.12 bits per heavy atom. The second-order valence-electron chi connectivity index (χ2n) is 8.03. The van der Waals surface area contributed by atoms with Crippen molar-refractivity contribution in [1.82, 2.24) is 14.5 Å². The van der Waals surface area contributed by atoms with Crippen LogP contribution in [-0.4, -0.2) is 64.7 Å². The van der Waals surface area contributed by atoms with Gasteiger partial charge in [-0.25, -0.2) is 9.37 Å². The molecule has 0 bridgehead atoms. The Labute approximate surface area is 187 Å². The van der Waals surface area contributed by atoms with Gasteiger partial charge in [-0.2, -0.15) is 0 Å². The van der Waals surface area contributed by atoms with Gasteiger partial charge in [0.1, 0.15) is 36.1 Å². The van der Waals surface area contributed by atoms with Crippen LogP contribution in [0.25, 0.3) is 0 Å². The fourth-order valence-corrected chi connectivity index (χ4v) is 3.65. The van der Waals surface area contributed by atoms with Crippen LogP contribution in [0.4, 0.5) is 4.39 Å². The number of imidazole rings is 1. The first-order valence-corrected chi connectivity index (χ1v) is 10.7. The summed E-state index contributed by atoms with van der Waals surface area (Å²) < 4.78 is 32.3. The van der Waals surface area contributed by atoms with E-state index in [1.807, 2.05) is 35.0 Å². The van der Waals surface area contributed by atoms with Gasteiger partial charge in [-0.15, -0.1) is 0 Å². The monoisotopic (exact) mass is 441 g/mol. The third-order valence-corrected chi connectivity index (χ3v) is 5.24. The maximum atomic E-state index is 13.1. The normalized spacial score (nSPS) is 19.4. The van der Waals surface area contributed by atoms with Gasteiger partial charge < -0.3 is 23.9 Å². The van der Waals surface area contributed by atoms with E-state index in [1.54, 1.807) is 24.7 Å². The molecule has 1 saturated heterocycles. The molecule has 8 heteroatoms. The average molecular weight is 442 g/mol. The van der Waals surface area contributed by atoms with E-state index >= 15 is 0 Å². The highest BCUT2D eigenvalue weighted by Crippen LogP contribution is 2.20. The molecule has 1 atom stereocenters. The molecule has 1 fully saturated rings. The molecular formula is C24H28FN3O4. The predicted octanol–water partition coefficient (Wildman–Crippen LogP) is 2.74. The lowest BCUT2D eigenvalue weighted by molar-refractivity contribution is -0.0646. The second-order valence-corrected chi connectivity index (χ2v) is 8.03. The minimum atomic E-state index is -1.16. The Balaban J connectivity index is 1.31. The SMILES string of the molecule is OC1(COc2ccc(F)cc2)COCCN(Cc2cccc(OCCn3ccnc3)c2)C1. The number of hydrogen-bond donors (Lipinski definition) is 1. The van der Waals surface area contributed by atoms with Crippen molar-refractivity contribution in [3.8, 4) is 11.5 Å². The molecule has 0 amide bonds. The Morgan fingerprint density at radius 2 is 2.00 bits per heavy atom. The van der Waals surface area contributed by atoms with Crippen molar-refractivity contribution in [1.29, 1.82) is 0 Å². The van der Waals surface area contributed by atoms with Gasteiger partial charge in [0, 0.05) is 32.0 Å². The number of ether oxygens (including phenoxy) is 3. The van der Waals surface area contributed by atoms with Gasteiger partial charge in [0.15, 0.2) is 0 Å². The Hall–Kier alpha value is -2.94. The van der Waals surface area contributed by atoms with Crippen LogP contribution in [0.1, 0.15) is 5.56 Å². The molecule has 2 heterocycles. The van der Waals surface area contributed by atoms with E-state index < -0.39 is 5.60 Å². The predicted molar refractivity (Wildman–Crippen MR) is 117 cm³/mol. The van der Waals surface area contributed by atoms with E-state index in [-0.39, 0.29) is 19.0 Å². The van der Waals surface area contributed by atoms with Crippen LogP contribution < -0.4 is 9.47 Å².